The van der Waals surface area contributed by atoms with Crippen molar-refractivity contribution in [3.8, 4) is 0 Å². The minimum atomic E-state index is -0.623. The number of anilines is 2. The molecule has 2 heterocycles. The van der Waals surface area contributed by atoms with E-state index in [2.05, 4.69) is 10.1 Å². The summed E-state index contributed by atoms with van der Waals surface area (Å²) in [6.45, 7) is 0. The Labute approximate surface area is 154 Å². The van der Waals surface area contributed by atoms with Crippen LogP contribution in [-0.4, -0.2) is 16.9 Å². The number of para-hydroxylation sites is 2. The number of fused-ring (bicyclic) bond motifs is 2. The fourth-order valence-corrected chi connectivity index (χ4v) is 3.66. The first-order valence-corrected chi connectivity index (χ1v) is 8.66. The van der Waals surface area contributed by atoms with Crippen molar-refractivity contribution in [2.24, 2.45) is 10.9 Å². The van der Waals surface area contributed by atoms with Crippen molar-refractivity contribution in [1.29, 1.82) is 0 Å². The standard InChI is InChI=1S/C19H14N4O2S/c20-18(13-9-11-21-12-10-13)22-25-19(24)23-14-5-1-3-7-16(14)26-17-8-4-2-6-15(17)23/h1-12H,(H2,20,22). The molecule has 0 saturated heterocycles. The van der Waals surface area contributed by atoms with Gasteiger partial charge in [0.25, 0.3) is 0 Å². The Morgan fingerprint density at radius 2 is 1.54 bits per heavy atom. The quantitative estimate of drug-likeness (QED) is 0.321. The summed E-state index contributed by atoms with van der Waals surface area (Å²) in [6, 6.07) is 18.7. The number of benzene rings is 2. The largest absolute Gasteiger partial charge is 0.445 e. The van der Waals surface area contributed by atoms with Gasteiger partial charge in [0.05, 0.1) is 11.4 Å². The zero-order valence-electron chi connectivity index (χ0n) is 13.6. The number of hydrogen-bond acceptors (Lipinski definition) is 5. The van der Waals surface area contributed by atoms with E-state index < -0.39 is 6.09 Å². The van der Waals surface area contributed by atoms with E-state index in [0.29, 0.717) is 5.56 Å². The third kappa shape index (κ3) is 3.00. The van der Waals surface area contributed by atoms with Gasteiger partial charge in [-0.3, -0.25) is 9.82 Å². The number of carbonyl (C=O) groups excluding carboxylic acids is 1. The first kappa shape index (κ1) is 16.2. The molecular formula is C19H14N4O2S. The molecule has 6 nitrogen and oxygen atoms in total. The topological polar surface area (TPSA) is 80.8 Å². The Hall–Kier alpha value is -3.32. The average Bonchev–Trinajstić information content (AvgIpc) is 2.70. The molecular weight excluding hydrogens is 348 g/mol. The highest BCUT2D eigenvalue weighted by Crippen LogP contribution is 2.48. The highest BCUT2D eigenvalue weighted by Gasteiger charge is 2.29. The van der Waals surface area contributed by atoms with E-state index in [4.69, 9.17) is 10.6 Å². The Kier molecular flexibility index (Phi) is 4.28. The maximum atomic E-state index is 12.8. The van der Waals surface area contributed by atoms with Gasteiger partial charge in [-0.25, -0.2) is 9.69 Å². The van der Waals surface area contributed by atoms with E-state index in [0.717, 1.165) is 21.2 Å². The molecule has 0 bridgehead atoms. The molecule has 4 rings (SSSR count). The first-order valence-electron chi connectivity index (χ1n) is 7.85. The van der Waals surface area contributed by atoms with Crippen molar-refractivity contribution in [2.75, 3.05) is 4.90 Å². The zero-order valence-corrected chi connectivity index (χ0v) is 14.4. The van der Waals surface area contributed by atoms with Crippen molar-refractivity contribution in [3.63, 3.8) is 0 Å². The van der Waals surface area contributed by atoms with Crippen molar-refractivity contribution in [1.82, 2.24) is 4.98 Å². The molecule has 0 atom stereocenters. The van der Waals surface area contributed by atoms with Crippen LogP contribution < -0.4 is 10.6 Å². The predicted octanol–water partition coefficient (Wildman–Crippen LogP) is 4.14. The van der Waals surface area contributed by atoms with Crippen LogP contribution in [0.5, 0.6) is 0 Å². The molecule has 0 saturated carbocycles. The van der Waals surface area contributed by atoms with Crippen LogP contribution in [-0.2, 0) is 4.84 Å². The lowest BCUT2D eigenvalue weighted by atomic mass is 10.2. The van der Waals surface area contributed by atoms with Crippen molar-refractivity contribution in [2.45, 2.75) is 9.79 Å². The van der Waals surface area contributed by atoms with E-state index in [1.807, 2.05) is 48.5 Å². The molecule has 1 aliphatic rings. The third-order valence-electron chi connectivity index (χ3n) is 3.81. The third-order valence-corrected chi connectivity index (χ3v) is 4.94. The van der Waals surface area contributed by atoms with Gasteiger partial charge in [-0.1, -0.05) is 41.2 Å². The van der Waals surface area contributed by atoms with Crippen molar-refractivity contribution in [3.05, 3.63) is 78.6 Å². The summed E-state index contributed by atoms with van der Waals surface area (Å²) in [4.78, 5) is 25.3. The van der Waals surface area contributed by atoms with Crippen molar-refractivity contribution < 1.29 is 9.63 Å². The molecule has 26 heavy (non-hydrogen) atoms. The second-order valence-electron chi connectivity index (χ2n) is 5.44. The van der Waals surface area contributed by atoms with Gasteiger partial charge >= 0.3 is 6.09 Å². The predicted molar refractivity (Wildman–Crippen MR) is 101 cm³/mol. The number of hydrogen-bond donors (Lipinski definition) is 1. The summed E-state index contributed by atoms with van der Waals surface area (Å²) >= 11 is 1.61. The van der Waals surface area contributed by atoms with Gasteiger partial charge in [0.15, 0.2) is 5.84 Å². The summed E-state index contributed by atoms with van der Waals surface area (Å²) in [7, 11) is 0. The van der Waals surface area contributed by atoms with Crippen LogP contribution in [0.4, 0.5) is 16.2 Å². The molecule has 1 aromatic heterocycles. The number of nitrogens with two attached hydrogens (primary N) is 1. The summed E-state index contributed by atoms with van der Waals surface area (Å²) in [5, 5.41) is 3.78. The van der Waals surface area contributed by atoms with Gasteiger partial charge in [0, 0.05) is 27.7 Å². The van der Waals surface area contributed by atoms with E-state index in [1.165, 1.54) is 4.90 Å². The molecule has 0 aliphatic carbocycles. The van der Waals surface area contributed by atoms with Gasteiger partial charge < -0.3 is 5.73 Å². The van der Waals surface area contributed by atoms with Crippen molar-refractivity contribution >= 4 is 35.1 Å². The lowest BCUT2D eigenvalue weighted by Crippen LogP contribution is -2.28. The minimum Gasteiger partial charge on any atom is -0.380 e. The normalized spacial score (nSPS) is 12.9. The van der Waals surface area contributed by atoms with Gasteiger partial charge in [-0.2, -0.15) is 0 Å². The maximum absolute atomic E-state index is 12.8. The highest BCUT2D eigenvalue weighted by molar-refractivity contribution is 7.99. The number of carbonyl (C=O) groups is 1. The van der Waals surface area contributed by atoms with Crippen LogP contribution in [0.1, 0.15) is 5.56 Å². The molecule has 2 aromatic carbocycles. The van der Waals surface area contributed by atoms with Crippen LogP contribution in [0.25, 0.3) is 0 Å². The van der Waals surface area contributed by atoms with Crippen LogP contribution in [0.2, 0.25) is 0 Å². The molecule has 0 fully saturated rings. The highest BCUT2D eigenvalue weighted by atomic mass is 32.2. The van der Waals surface area contributed by atoms with Crippen LogP contribution in [0.15, 0.2) is 88.0 Å². The number of rotatable bonds is 2. The van der Waals surface area contributed by atoms with E-state index in [1.54, 1.807) is 36.3 Å². The number of amides is 1. The Bertz CT molecular complexity index is 946. The monoisotopic (exact) mass is 362 g/mol. The van der Waals surface area contributed by atoms with Crippen LogP contribution >= 0.6 is 11.8 Å². The second-order valence-corrected chi connectivity index (χ2v) is 6.53. The second kappa shape index (κ2) is 6.89. The summed E-state index contributed by atoms with van der Waals surface area (Å²) in [5.41, 5.74) is 8.01. The lowest BCUT2D eigenvalue weighted by molar-refractivity contribution is 0.161. The molecule has 7 heteroatoms. The van der Waals surface area contributed by atoms with Crippen LogP contribution in [0, 0.1) is 0 Å². The molecule has 128 valence electrons. The summed E-state index contributed by atoms with van der Waals surface area (Å²) in [6.07, 6.45) is 2.56. The maximum Gasteiger partial charge on any atom is 0.445 e. The molecule has 2 N–H and O–H groups in total. The Balaban J connectivity index is 1.66. The minimum absolute atomic E-state index is 0.105. The summed E-state index contributed by atoms with van der Waals surface area (Å²) in [5.74, 6) is 0.105. The Morgan fingerprint density at radius 3 is 2.15 bits per heavy atom. The van der Waals surface area contributed by atoms with Gasteiger partial charge in [0.1, 0.15) is 0 Å². The lowest BCUT2D eigenvalue weighted by Gasteiger charge is -2.29. The molecule has 1 amide bonds. The Morgan fingerprint density at radius 1 is 0.962 bits per heavy atom. The molecule has 1 aliphatic heterocycles. The molecule has 0 radical (unpaired) electrons. The number of amidine groups is 1. The molecule has 0 spiro atoms. The smallest absolute Gasteiger partial charge is 0.380 e. The first-order chi connectivity index (χ1) is 12.7. The van der Waals surface area contributed by atoms with E-state index in [9.17, 15) is 4.79 Å². The molecule has 0 unspecified atom stereocenters. The number of oxime groups is 1. The van der Waals surface area contributed by atoms with Gasteiger partial charge in [0.2, 0.25) is 0 Å². The van der Waals surface area contributed by atoms with Crippen LogP contribution in [0.3, 0.4) is 0 Å². The number of aromatic nitrogens is 1. The van der Waals surface area contributed by atoms with E-state index >= 15 is 0 Å². The number of pyridine rings is 1. The fraction of sp³-hybridized carbons (Fsp3) is 0. The average molecular weight is 362 g/mol. The summed E-state index contributed by atoms with van der Waals surface area (Å²) < 4.78 is 0. The number of nitrogens with zero attached hydrogens (tertiary/aromatic N) is 3. The van der Waals surface area contributed by atoms with Gasteiger partial charge in [-0.15, -0.1) is 0 Å². The molecule has 3 aromatic rings. The zero-order chi connectivity index (χ0) is 17.9. The van der Waals surface area contributed by atoms with Gasteiger partial charge in [-0.05, 0) is 36.4 Å². The SMILES string of the molecule is NC(=NOC(=O)N1c2ccccc2Sc2ccccc21)c1ccncc1. The fourth-order valence-electron chi connectivity index (χ4n) is 2.61. The van der Waals surface area contributed by atoms with E-state index in [-0.39, 0.29) is 5.84 Å².